The minimum absolute atomic E-state index is 0.0464. The number of nitrogens with zero attached hydrogens (tertiary/aromatic N) is 2. The van der Waals surface area contributed by atoms with Crippen LogP contribution in [0, 0.1) is 20.8 Å². The predicted octanol–water partition coefficient (Wildman–Crippen LogP) is 2.48. The summed E-state index contributed by atoms with van der Waals surface area (Å²) < 4.78 is 6.05. The number of aryl methyl sites for hydroxylation is 3. The van der Waals surface area contributed by atoms with Gasteiger partial charge in [-0.3, -0.25) is 9.69 Å². The number of hydrogen-bond donors (Lipinski definition) is 1. The van der Waals surface area contributed by atoms with Crippen molar-refractivity contribution in [3.05, 3.63) is 34.6 Å². The van der Waals surface area contributed by atoms with Gasteiger partial charge in [-0.05, 0) is 38.3 Å². The third-order valence-electron chi connectivity index (χ3n) is 5.80. The number of hydrogen-bond acceptors (Lipinski definition) is 4. The molecule has 2 saturated heterocycles. The van der Waals surface area contributed by atoms with E-state index in [1.54, 1.807) is 0 Å². The van der Waals surface area contributed by atoms with Crippen LogP contribution >= 0.6 is 0 Å². The molecule has 1 aromatic carbocycles. The van der Waals surface area contributed by atoms with Gasteiger partial charge in [0.25, 0.3) is 5.91 Å². The van der Waals surface area contributed by atoms with Crippen molar-refractivity contribution in [3.63, 3.8) is 0 Å². The molecule has 2 aliphatic rings. The summed E-state index contributed by atoms with van der Waals surface area (Å²) in [6.45, 7) is 12.0. The van der Waals surface area contributed by atoms with Gasteiger partial charge >= 0.3 is 0 Å². The molecule has 0 radical (unpaired) electrons. The first-order valence-electron chi connectivity index (χ1n) is 9.29. The Hall–Kier alpha value is -1.85. The number of fused-ring (bicyclic) bond motifs is 1. The van der Waals surface area contributed by atoms with E-state index in [9.17, 15) is 4.79 Å². The van der Waals surface area contributed by atoms with E-state index in [1.807, 2.05) is 18.7 Å². The summed E-state index contributed by atoms with van der Waals surface area (Å²) in [4.78, 5) is 17.6. The SMILES string of the molecule is Cc1ccc(C)c2c(C)c(C(=O)N3CCC(N4CCNCC4)C3)oc12. The van der Waals surface area contributed by atoms with Crippen LogP contribution in [0.15, 0.2) is 16.5 Å². The molecule has 0 saturated carbocycles. The smallest absolute Gasteiger partial charge is 0.289 e. The van der Waals surface area contributed by atoms with Crippen molar-refractivity contribution >= 4 is 16.9 Å². The second-order valence-corrected chi connectivity index (χ2v) is 7.44. The number of rotatable bonds is 2. The van der Waals surface area contributed by atoms with Gasteiger partial charge in [0.2, 0.25) is 0 Å². The maximum atomic E-state index is 13.1. The van der Waals surface area contributed by atoms with E-state index in [0.29, 0.717) is 11.8 Å². The highest BCUT2D eigenvalue weighted by molar-refractivity contribution is 6.00. The number of likely N-dealkylation sites (tertiary alicyclic amines) is 1. The number of nitrogens with one attached hydrogen (secondary N) is 1. The lowest BCUT2D eigenvalue weighted by atomic mass is 10.0. The topological polar surface area (TPSA) is 48.7 Å². The Morgan fingerprint density at radius 1 is 1.12 bits per heavy atom. The summed E-state index contributed by atoms with van der Waals surface area (Å²) >= 11 is 0. The van der Waals surface area contributed by atoms with E-state index >= 15 is 0 Å². The molecule has 25 heavy (non-hydrogen) atoms. The van der Waals surface area contributed by atoms with Crippen molar-refractivity contribution in [2.45, 2.75) is 33.2 Å². The largest absolute Gasteiger partial charge is 0.450 e. The van der Waals surface area contributed by atoms with Crippen LogP contribution in [0.2, 0.25) is 0 Å². The number of carbonyl (C=O) groups is 1. The average molecular weight is 341 g/mol. The van der Waals surface area contributed by atoms with Crippen molar-refractivity contribution in [3.8, 4) is 0 Å². The Bertz CT molecular complexity index is 805. The van der Waals surface area contributed by atoms with Crippen LogP contribution in [0.1, 0.15) is 33.7 Å². The van der Waals surface area contributed by atoms with Gasteiger partial charge in [-0.1, -0.05) is 12.1 Å². The third kappa shape index (κ3) is 2.85. The number of carbonyl (C=O) groups excluding carboxylic acids is 1. The van der Waals surface area contributed by atoms with Crippen molar-refractivity contribution in [2.75, 3.05) is 39.3 Å². The molecule has 0 spiro atoms. The molecule has 0 aliphatic carbocycles. The molecule has 5 nitrogen and oxygen atoms in total. The molecule has 0 bridgehead atoms. The van der Waals surface area contributed by atoms with Crippen molar-refractivity contribution in [1.82, 2.24) is 15.1 Å². The zero-order valence-electron chi connectivity index (χ0n) is 15.4. The van der Waals surface area contributed by atoms with Crippen LogP contribution in [-0.2, 0) is 0 Å². The van der Waals surface area contributed by atoms with Crippen LogP contribution in [0.4, 0.5) is 0 Å². The first kappa shape index (κ1) is 16.6. The van der Waals surface area contributed by atoms with Gasteiger partial charge in [-0.15, -0.1) is 0 Å². The molecule has 1 N–H and O–H groups in total. The van der Waals surface area contributed by atoms with E-state index in [-0.39, 0.29) is 5.91 Å². The molecule has 3 heterocycles. The normalized spacial score (nSPS) is 22.0. The molecule has 4 rings (SSSR count). The van der Waals surface area contributed by atoms with Gasteiger partial charge in [0.05, 0.1) is 0 Å². The molecule has 1 unspecified atom stereocenters. The van der Waals surface area contributed by atoms with Crippen LogP contribution in [0.5, 0.6) is 0 Å². The fourth-order valence-corrected chi connectivity index (χ4v) is 4.29. The first-order valence-corrected chi connectivity index (χ1v) is 9.29. The predicted molar refractivity (Wildman–Crippen MR) is 99.2 cm³/mol. The van der Waals surface area contributed by atoms with Crippen LogP contribution in [-0.4, -0.2) is 61.0 Å². The summed E-state index contributed by atoms with van der Waals surface area (Å²) in [5.74, 6) is 0.568. The monoisotopic (exact) mass is 341 g/mol. The average Bonchev–Trinajstić information content (AvgIpc) is 3.24. The Kier molecular flexibility index (Phi) is 4.29. The number of piperazine rings is 1. The summed E-state index contributed by atoms with van der Waals surface area (Å²) in [5, 5.41) is 4.49. The Labute approximate surface area is 149 Å². The Balaban J connectivity index is 1.57. The Morgan fingerprint density at radius 3 is 2.56 bits per heavy atom. The highest BCUT2D eigenvalue weighted by atomic mass is 16.3. The molecule has 134 valence electrons. The van der Waals surface area contributed by atoms with Gasteiger partial charge in [0.15, 0.2) is 5.76 Å². The van der Waals surface area contributed by atoms with Crippen molar-refractivity contribution in [1.29, 1.82) is 0 Å². The maximum absolute atomic E-state index is 13.1. The minimum atomic E-state index is 0.0464. The minimum Gasteiger partial charge on any atom is -0.450 e. The van der Waals surface area contributed by atoms with Gasteiger partial charge in [-0.25, -0.2) is 0 Å². The molecule has 2 aliphatic heterocycles. The van der Waals surface area contributed by atoms with Gasteiger partial charge in [0, 0.05) is 56.3 Å². The highest BCUT2D eigenvalue weighted by Gasteiger charge is 2.33. The maximum Gasteiger partial charge on any atom is 0.289 e. The van der Waals surface area contributed by atoms with Crippen LogP contribution < -0.4 is 5.32 Å². The van der Waals surface area contributed by atoms with E-state index in [0.717, 1.165) is 67.8 Å². The van der Waals surface area contributed by atoms with Gasteiger partial charge < -0.3 is 14.6 Å². The number of benzene rings is 1. The van der Waals surface area contributed by atoms with Crippen LogP contribution in [0.3, 0.4) is 0 Å². The van der Waals surface area contributed by atoms with Gasteiger partial charge in [-0.2, -0.15) is 0 Å². The zero-order chi connectivity index (χ0) is 17.6. The summed E-state index contributed by atoms with van der Waals surface area (Å²) in [5.41, 5.74) is 4.09. The quantitative estimate of drug-likeness (QED) is 0.912. The molecule has 5 heteroatoms. The van der Waals surface area contributed by atoms with E-state index < -0.39 is 0 Å². The summed E-state index contributed by atoms with van der Waals surface area (Å²) in [6, 6.07) is 4.65. The fraction of sp³-hybridized carbons (Fsp3) is 0.550. The first-order chi connectivity index (χ1) is 12.1. The summed E-state index contributed by atoms with van der Waals surface area (Å²) in [6.07, 6.45) is 1.06. The second-order valence-electron chi connectivity index (χ2n) is 7.44. The number of amides is 1. The van der Waals surface area contributed by atoms with E-state index in [4.69, 9.17) is 4.42 Å². The highest BCUT2D eigenvalue weighted by Crippen LogP contribution is 2.32. The number of furan rings is 1. The molecule has 2 aromatic rings. The second kappa shape index (κ2) is 6.46. The fourth-order valence-electron chi connectivity index (χ4n) is 4.29. The zero-order valence-corrected chi connectivity index (χ0v) is 15.4. The molecule has 1 atom stereocenters. The third-order valence-corrected chi connectivity index (χ3v) is 5.80. The van der Waals surface area contributed by atoms with Crippen molar-refractivity contribution < 1.29 is 9.21 Å². The lowest BCUT2D eigenvalue weighted by Gasteiger charge is -2.32. The Morgan fingerprint density at radius 2 is 1.84 bits per heavy atom. The van der Waals surface area contributed by atoms with Crippen molar-refractivity contribution in [2.24, 2.45) is 0 Å². The molecular formula is C20H27N3O2. The lowest BCUT2D eigenvalue weighted by Crippen LogP contribution is -2.49. The molecular weight excluding hydrogens is 314 g/mol. The van der Waals surface area contributed by atoms with E-state index in [2.05, 4.69) is 29.3 Å². The lowest BCUT2D eigenvalue weighted by molar-refractivity contribution is 0.0743. The van der Waals surface area contributed by atoms with Crippen LogP contribution in [0.25, 0.3) is 11.0 Å². The molecule has 2 fully saturated rings. The standard InChI is InChI=1S/C20H27N3O2/c1-13-4-5-14(2)18-17(13)15(3)19(25-18)20(24)23-9-6-16(12-23)22-10-7-21-8-11-22/h4-5,16,21H,6-12H2,1-3H3. The molecule has 1 amide bonds. The summed E-state index contributed by atoms with van der Waals surface area (Å²) in [7, 11) is 0. The van der Waals surface area contributed by atoms with Gasteiger partial charge in [0.1, 0.15) is 5.58 Å². The van der Waals surface area contributed by atoms with E-state index in [1.165, 1.54) is 5.56 Å². The molecule has 1 aromatic heterocycles.